The lowest BCUT2D eigenvalue weighted by Crippen LogP contribution is -2.30. The van der Waals surface area contributed by atoms with Crippen LogP contribution in [0.4, 0.5) is 5.69 Å². The number of anilines is 1. The molecule has 0 aliphatic rings. The summed E-state index contributed by atoms with van der Waals surface area (Å²) in [6, 6.07) is 19.7. The van der Waals surface area contributed by atoms with Crippen molar-refractivity contribution in [2.75, 3.05) is 19.0 Å². The van der Waals surface area contributed by atoms with Crippen LogP contribution in [-0.2, 0) is 9.53 Å². The summed E-state index contributed by atoms with van der Waals surface area (Å²) in [5.74, 6) is -1.15. The Kier molecular flexibility index (Phi) is 5.47. The average Bonchev–Trinajstić information content (AvgIpc) is 2.71. The van der Waals surface area contributed by atoms with Crippen LogP contribution in [-0.4, -0.2) is 31.4 Å². The zero-order valence-electron chi connectivity index (χ0n) is 14.7. The summed E-state index contributed by atoms with van der Waals surface area (Å²) in [4.78, 5) is 35.4. The van der Waals surface area contributed by atoms with Gasteiger partial charge in [0.2, 0.25) is 0 Å². The number of benzene rings is 3. The highest BCUT2D eigenvalue weighted by Crippen LogP contribution is 2.17. The van der Waals surface area contributed by atoms with E-state index < -0.39 is 11.9 Å². The normalized spacial score (nSPS) is 10.3. The third-order valence-corrected chi connectivity index (χ3v) is 4.04. The van der Waals surface area contributed by atoms with E-state index in [0.717, 1.165) is 10.8 Å². The zero-order chi connectivity index (χ0) is 19.2. The Morgan fingerprint density at radius 1 is 0.815 bits per heavy atom. The van der Waals surface area contributed by atoms with E-state index in [0.29, 0.717) is 16.8 Å². The SMILES string of the molecule is COC(=O)CNC(=O)c1ccc(NC(=O)c2ccc3ccccc3c2)cc1. The molecule has 2 N–H and O–H groups in total. The Morgan fingerprint density at radius 3 is 2.19 bits per heavy atom. The van der Waals surface area contributed by atoms with E-state index in [1.807, 2.05) is 36.4 Å². The zero-order valence-corrected chi connectivity index (χ0v) is 14.7. The van der Waals surface area contributed by atoms with E-state index in [2.05, 4.69) is 15.4 Å². The predicted octanol–water partition coefficient (Wildman–Crippen LogP) is 2.99. The van der Waals surface area contributed by atoms with Crippen molar-refractivity contribution in [3.63, 3.8) is 0 Å². The maximum absolute atomic E-state index is 12.4. The lowest BCUT2D eigenvalue weighted by atomic mass is 10.1. The number of nitrogens with one attached hydrogen (secondary N) is 2. The van der Waals surface area contributed by atoms with E-state index >= 15 is 0 Å². The van der Waals surface area contributed by atoms with Crippen LogP contribution >= 0.6 is 0 Å². The van der Waals surface area contributed by atoms with Crippen LogP contribution in [0.5, 0.6) is 0 Å². The van der Waals surface area contributed by atoms with Crippen LogP contribution in [0.25, 0.3) is 10.8 Å². The molecule has 0 saturated heterocycles. The van der Waals surface area contributed by atoms with Crippen molar-refractivity contribution < 1.29 is 19.1 Å². The second kappa shape index (κ2) is 8.14. The fourth-order valence-electron chi connectivity index (χ4n) is 2.57. The van der Waals surface area contributed by atoms with Crippen molar-refractivity contribution in [2.24, 2.45) is 0 Å². The molecule has 0 saturated carbocycles. The van der Waals surface area contributed by atoms with E-state index in [-0.39, 0.29) is 12.5 Å². The fraction of sp³-hybridized carbons (Fsp3) is 0.0952. The number of methoxy groups -OCH3 is 1. The number of amides is 2. The summed E-state index contributed by atoms with van der Waals surface area (Å²) in [6.45, 7) is -0.199. The van der Waals surface area contributed by atoms with Gasteiger partial charge in [-0.2, -0.15) is 0 Å². The first kappa shape index (κ1) is 18.1. The molecule has 27 heavy (non-hydrogen) atoms. The lowest BCUT2D eigenvalue weighted by Gasteiger charge is -2.08. The van der Waals surface area contributed by atoms with Crippen molar-refractivity contribution in [3.05, 3.63) is 77.9 Å². The van der Waals surface area contributed by atoms with Gasteiger partial charge in [0.05, 0.1) is 7.11 Å². The third kappa shape index (κ3) is 4.49. The second-order valence-electron chi connectivity index (χ2n) is 5.85. The standard InChI is InChI=1S/C21H18N2O4/c1-27-19(24)13-22-20(25)15-8-10-18(11-9-15)23-21(26)17-7-6-14-4-2-3-5-16(14)12-17/h2-12H,13H2,1H3,(H,22,25)(H,23,26). The Labute approximate surface area is 156 Å². The van der Waals surface area contributed by atoms with Gasteiger partial charge < -0.3 is 15.4 Å². The molecule has 0 aliphatic heterocycles. The summed E-state index contributed by atoms with van der Waals surface area (Å²) in [6.07, 6.45) is 0. The second-order valence-corrected chi connectivity index (χ2v) is 5.85. The maximum atomic E-state index is 12.4. The van der Waals surface area contributed by atoms with Gasteiger partial charge in [-0.1, -0.05) is 30.3 Å². The van der Waals surface area contributed by atoms with Crippen molar-refractivity contribution in [3.8, 4) is 0 Å². The average molecular weight is 362 g/mol. The van der Waals surface area contributed by atoms with Crippen LogP contribution in [0.1, 0.15) is 20.7 Å². The van der Waals surface area contributed by atoms with Crippen LogP contribution in [0.2, 0.25) is 0 Å². The van der Waals surface area contributed by atoms with E-state index in [9.17, 15) is 14.4 Å². The van der Waals surface area contributed by atoms with Crippen LogP contribution in [0.15, 0.2) is 66.7 Å². The van der Waals surface area contributed by atoms with E-state index in [1.165, 1.54) is 7.11 Å². The number of hydrogen-bond donors (Lipinski definition) is 2. The number of ether oxygens (including phenoxy) is 1. The van der Waals surface area contributed by atoms with Gasteiger partial charge in [0.25, 0.3) is 11.8 Å². The summed E-state index contributed by atoms with van der Waals surface area (Å²) < 4.78 is 4.47. The molecule has 0 fully saturated rings. The molecule has 0 atom stereocenters. The molecule has 0 radical (unpaired) electrons. The molecule has 3 aromatic rings. The molecule has 136 valence electrons. The monoisotopic (exact) mass is 362 g/mol. The van der Waals surface area contributed by atoms with Crippen molar-refractivity contribution >= 4 is 34.2 Å². The van der Waals surface area contributed by atoms with E-state index in [4.69, 9.17) is 0 Å². The van der Waals surface area contributed by atoms with E-state index in [1.54, 1.807) is 30.3 Å². The quantitative estimate of drug-likeness (QED) is 0.684. The first-order valence-corrected chi connectivity index (χ1v) is 8.32. The van der Waals surface area contributed by atoms with Crippen molar-refractivity contribution in [1.29, 1.82) is 0 Å². The van der Waals surface area contributed by atoms with Gasteiger partial charge in [-0.25, -0.2) is 0 Å². The minimum absolute atomic E-state index is 0.199. The van der Waals surface area contributed by atoms with Crippen molar-refractivity contribution in [2.45, 2.75) is 0 Å². The molecule has 0 heterocycles. The summed E-state index contributed by atoms with van der Waals surface area (Å²) in [5.41, 5.74) is 1.49. The van der Waals surface area contributed by atoms with Crippen LogP contribution in [0, 0.1) is 0 Å². The Bertz CT molecular complexity index is 996. The number of rotatable bonds is 5. The van der Waals surface area contributed by atoms with Crippen molar-refractivity contribution in [1.82, 2.24) is 5.32 Å². The molecule has 0 aromatic heterocycles. The van der Waals surface area contributed by atoms with Gasteiger partial charge in [0.1, 0.15) is 6.54 Å². The molecule has 6 nitrogen and oxygen atoms in total. The molecular weight excluding hydrogens is 344 g/mol. The minimum atomic E-state index is -0.525. The number of carbonyl (C=O) groups is 3. The highest BCUT2D eigenvalue weighted by atomic mass is 16.5. The molecule has 3 rings (SSSR count). The summed E-state index contributed by atoms with van der Waals surface area (Å²) in [7, 11) is 1.25. The first-order chi connectivity index (χ1) is 13.1. The molecule has 0 bridgehead atoms. The van der Waals surface area contributed by atoms with Gasteiger partial charge in [0.15, 0.2) is 0 Å². The van der Waals surface area contributed by atoms with Gasteiger partial charge in [-0.05, 0) is 47.2 Å². The molecule has 0 spiro atoms. The summed E-state index contributed by atoms with van der Waals surface area (Å²) >= 11 is 0. The highest BCUT2D eigenvalue weighted by Gasteiger charge is 2.10. The van der Waals surface area contributed by atoms with Gasteiger partial charge in [-0.15, -0.1) is 0 Å². The smallest absolute Gasteiger partial charge is 0.325 e. The molecule has 0 unspecified atom stereocenters. The van der Waals surface area contributed by atoms with Gasteiger partial charge in [-0.3, -0.25) is 14.4 Å². The van der Waals surface area contributed by atoms with Gasteiger partial charge >= 0.3 is 5.97 Å². The molecule has 2 amide bonds. The first-order valence-electron chi connectivity index (χ1n) is 8.32. The highest BCUT2D eigenvalue weighted by molar-refractivity contribution is 6.06. The molecule has 0 aliphatic carbocycles. The predicted molar refractivity (Wildman–Crippen MR) is 103 cm³/mol. The Hall–Kier alpha value is -3.67. The van der Waals surface area contributed by atoms with Crippen LogP contribution < -0.4 is 10.6 Å². The minimum Gasteiger partial charge on any atom is -0.468 e. The number of esters is 1. The number of fused-ring (bicyclic) bond motifs is 1. The van der Waals surface area contributed by atoms with Crippen LogP contribution in [0.3, 0.4) is 0 Å². The maximum Gasteiger partial charge on any atom is 0.325 e. The molecule has 3 aromatic carbocycles. The molecular formula is C21H18N2O4. The van der Waals surface area contributed by atoms with Gasteiger partial charge in [0, 0.05) is 16.8 Å². The number of carbonyl (C=O) groups excluding carboxylic acids is 3. The summed E-state index contributed by atoms with van der Waals surface area (Å²) in [5, 5.41) is 7.31. The largest absolute Gasteiger partial charge is 0.468 e. The lowest BCUT2D eigenvalue weighted by molar-refractivity contribution is -0.139. The topological polar surface area (TPSA) is 84.5 Å². The fourth-order valence-corrected chi connectivity index (χ4v) is 2.57. The third-order valence-electron chi connectivity index (χ3n) is 4.04. The Morgan fingerprint density at radius 2 is 1.48 bits per heavy atom. The number of hydrogen-bond acceptors (Lipinski definition) is 4. The molecule has 6 heteroatoms. The Balaban J connectivity index is 1.65.